The molecule has 0 fully saturated rings. The van der Waals surface area contributed by atoms with E-state index < -0.39 is 17.3 Å². The van der Waals surface area contributed by atoms with Gasteiger partial charge in [0.1, 0.15) is 11.6 Å². The van der Waals surface area contributed by atoms with E-state index in [4.69, 9.17) is 5.26 Å². The second-order valence-electron chi connectivity index (χ2n) is 4.14. The molecule has 0 bridgehead atoms. The number of hydrogen-bond acceptors (Lipinski definition) is 4. The van der Waals surface area contributed by atoms with E-state index in [1.165, 1.54) is 6.07 Å². The highest BCUT2D eigenvalue weighted by Crippen LogP contribution is 2.34. The lowest BCUT2D eigenvalue weighted by Gasteiger charge is -2.11. The molecular weight excluding hydrogens is 430 g/mol. The van der Waals surface area contributed by atoms with Gasteiger partial charge in [-0.15, -0.1) is 0 Å². The fourth-order valence-electron chi connectivity index (χ4n) is 1.75. The highest BCUT2D eigenvalue weighted by atomic mass is 127. The Bertz CT molecular complexity index is 827. The van der Waals surface area contributed by atoms with Gasteiger partial charge in [-0.3, -0.25) is 4.79 Å². The quantitative estimate of drug-likeness (QED) is 0.443. The molecule has 4 nitrogen and oxygen atoms in total. The van der Waals surface area contributed by atoms with E-state index in [-0.39, 0.29) is 22.0 Å². The van der Waals surface area contributed by atoms with E-state index in [1.54, 1.807) is 34.9 Å². The summed E-state index contributed by atoms with van der Waals surface area (Å²) in [5, 5.41) is 9.31. The molecule has 0 aliphatic heterocycles. The van der Waals surface area contributed by atoms with Crippen LogP contribution in [0.4, 0.5) is 13.2 Å². The zero-order valence-corrected chi connectivity index (χ0v) is 13.9. The number of aromatic nitrogens is 2. The third-order valence-corrected chi connectivity index (χ3v) is 3.90. The fraction of sp³-hybridized carbons (Fsp3) is 0.154. The van der Waals surface area contributed by atoms with Crippen molar-refractivity contribution in [1.29, 1.82) is 5.26 Å². The molecule has 1 heterocycles. The molecule has 1 aromatic carbocycles. The fourth-order valence-corrected chi connectivity index (χ4v) is 2.80. The van der Waals surface area contributed by atoms with Gasteiger partial charge in [0.15, 0.2) is 5.16 Å². The first-order valence-corrected chi connectivity index (χ1v) is 8.03. The maximum atomic E-state index is 12.9. The number of hydrogen-bond donors (Lipinski definition) is 1. The van der Waals surface area contributed by atoms with Gasteiger partial charge in [0.05, 0.1) is 11.3 Å². The molecule has 0 saturated heterocycles. The van der Waals surface area contributed by atoms with Crippen molar-refractivity contribution in [1.82, 2.24) is 9.97 Å². The average molecular weight is 437 g/mol. The number of aromatic amines is 1. The van der Waals surface area contributed by atoms with Crippen molar-refractivity contribution in [3.05, 3.63) is 43.2 Å². The van der Waals surface area contributed by atoms with Gasteiger partial charge in [-0.1, -0.05) is 11.8 Å². The molecule has 9 heteroatoms. The largest absolute Gasteiger partial charge is 0.416 e. The van der Waals surface area contributed by atoms with Crippen LogP contribution < -0.4 is 5.56 Å². The van der Waals surface area contributed by atoms with Crippen LogP contribution in [0.25, 0.3) is 11.3 Å². The predicted molar refractivity (Wildman–Crippen MR) is 84.5 cm³/mol. The standard InChI is InChI=1S/C13H7F3IN3OS/c1-22-12-19-10(9(5-18)11(21)20-12)6-2-7(13(14,15)16)4-8(17)3-6/h2-4H,1H3,(H,19,20,21). The Morgan fingerprint density at radius 3 is 2.59 bits per heavy atom. The van der Waals surface area contributed by atoms with Crippen LogP contribution in [0.3, 0.4) is 0 Å². The zero-order chi connectivity index (χ0) is 16.5. The average Bonchev–Trinajstić information content (AvgIpc) is 2.44. The molecule has 1 aromatic heterocycles. The molecule has 0 spiro atoms. The Morgan fingerprint density at radius 2 is 2.05 bits per heavy atom. The van der Waals surface area contributed by atoms with Gasteiger partial charge in [-0.05, 0) is 47.0 Å². The van der Waals surface area contributed by atoms with Crippen molar-refractivity contribution in [2.24, 2.45) is 0 Å². The minimum absolute atomic E-state index is 0.0559. The molecule has 0 unspecified atom stereocenters. The molecule has 0 atom stereocenters. The van der Waals surface area contributed by atoms with Gasteiger partial charge in [0.25, 0.3) is 5.56 Å². The third kappa shape index (κ3) is 3.44. The van der Waals surface area contributed by atoms with Crippen molar-refractivity contribution in [2.75, 3.05) is 6.26 Å². The van der Waals surface area contributed by atoms with E-state index in [0.29, 0.717) is 3.57 Å². The van der Waals surface area contributed by atoms with Crippen LogP contribution in [0.15, 0.2) is 28.2 Å². The highest BCUT2D eigenvalue weighted by molar-refractivity contribution is 14.1. The number of nitrogens with zero attached hydrogens (tertiary/aromatic N) is 2. The third-order valence-electron chi connectivity index (χ3n) is 2.70. The summed E-state index contributed by atoms with van der Waals surface area (Å²) in [6.07, 6.45) is -2.86. The number of nitrogens with one attached hydrogen (secondary N) is 1. The summed E-state index contributed by atoms with van der Waals surface area (Å²) in [5.74, 6) is 0. The summed E-state index contributed by atoms with van der Waals surface area (Å²) in [5.41, 5.74) is -1.82. The minimum Gasteiger partial charge on any atom is -0.300 e. The maximum Gasteiger partial charge on any atom is 0.416 e. The highest BCUT2D eigenvalue weighted by Gasteiger charge is 2.31. The first-order valence-electron chi connectivity index (χ1n) is 5.73. The van der Waals surface area contributed by atoms with E-state index in [1.807, 2.05) is 0 Å². The number of rotatable bonds is 2. The van der Waals surface area contributed by atoms with Gasteiger partial charge in [-0.2, -0.15) is 18.4 Å². The maximum absolute atomic E-state index is 12.9. The Hall–Kier alpha value is -1.54. The van der Waals surface area contributed by atoms with Crippen molar-refractivity contribution < 1.29 is 13.2 Å². The van der Waals surface area contributed by atoms with E-state index in [2.05, 4.69) is 9.97 Å². The summed E-state index contributed by atoms with van der Waals surface area (Å²) in [6, 6.07) is 5.01. The second kappa shape index (κ2) is 6.29. The molecule has 0 aliphatic carbocycles. The van der Waals surface area contributed by atoms with Gasteiger partial charge in [0.2, 0.25) is 0 Å². The van der Waals surface area contributed by atoms with Crippen LogP contribution in [0, 0.1) is 14.9 Å². The summed E-state index contributed by atoms with van der Waals surface area (Å²) in [6.45, 7) is 0. The topological polar surface area (TPSA) is 69.5 Å². The van der Waals surface area contributed by atoms with Gasteiger partial charge < -0.3 is 4.98 Å². The Kier molecular flexibility index (Phi) is 4.81. The molecule has 0 radical (unpaired) electrons. The molecule has 0 saturated carbocycles. The molecule has 0 aliphatic rings. The summed E-state index contributed by atoms with van der Waals surface area (Å²) >= 11 is 2.87. The molecule has 114 valence electrons. The lowest BCUT2D eigenvalue weighted by Crippen LogP contribution is -2.15. The van der Waals surface area contributed by atoms with Crippen LogP contribution in [0.2, 0.25) is 0 Å². The molecular formula is C13H7F3IN3OS. The molecule has 2 aromatic rings. The monoisotopic (exact) mass is 437 g/mol. The number of alkyl halides is 3. The van der Waals surface area contributed by atoms with Gasteiger partial charge in [0, 0.05) is 9.13 Å². The number of halogens is 4. The number of benzene rings is 1. The summed E-state index contributed by atoms with van der Waals surface area (Å²) in [4.78, 5) is 18.3. The molecule has 2 rings (SSSR count). The Balaban J connectivity index is 2.77. The normalized spacial score (nSPS) is 11.3. The van der Waals surface area contributed by atoms with Crippen LogP contribution in [-0.2, 0) is 6.18 Å². The molecule has 1 N–H and O–H groups in total. The second-order valence-corrected chi connectivity index (χ2v) is 6.18. The summed E-state index contributed by atoms with van der Waals surface area (Å²) < 4.78 is 39.1. The van der Waals surface area contributed by atoms with E-state index in [0.717, 1.165) is 23.9 Å². The van der Waals surface area contributed by atoms with Crippen molar-refractivity contribution in [3.63, 3.8) is 0 Å². The first-order chi connectivity index (χ1) is 10.3. The van der Waals surface area contributed by atoms with Crippen LogP contribution in [0.5, 0.6) is 0 Å². The van der Waals surface area contributed by atoms with E-state index in [9.17, 15) is 18.0 Å². The zero-order valence-electron chi connectivity index (χ0n) is 11.0. The predicted octanol–water partition coefficient (Wildman–Crippen LogP) is 3.65. The summed E-state index contributed by atoms with van der Waals surface area (Å²) in [7, 11) is 0. The lowest BCUT2D eigenvalue weighted by molar-refractivity contribution is -0.137. The molecule has 22 heavy (non-hydrogen) atoms. The van der Waals surface area contributed by atoms with Crippen molar-refractivity contribution in [2.45, 2.75) is 11.3 Å². The number of H-pyrrole nitrogens is 1. The number of thioether (sulfide) groups is 1. The number of nitriles is 1. The molecule has 0 amide bonds. The van der Waals surface area contributed by atoms with Crippen molar-refractivity contribution in [3.8, 4) is 17.3 Å². The SMILES string of the molecule is CSc1nc(-c2cc(I)cc(C(F)(F)F)c2)c(C#N)c(=O)[nH]1. The lowest BCUT2D eigenvalue weighted by atomic mass is 10.0. The minimum atomic E-state index is -4.52. The Morgan fingerprint density at radius 1 is 1.36 bits per heavy atom. The van der Waals surface area contributed by atoms with Crippen LogP contribution in [0.1, 0.15) is 11.1 Å². The van der Waals surface area contributed by atoms with Gasteiger partial charge in [-0.25, -0.2) is 4.98 Å². The Labute approximate surface area is 140 Å². The van der Waals surface area contributed by atoms with Crippen LogP contribution in [-0.4, -0.2) is 16.2 Å². The van der Waals surface area contributed by atoms with E-state index >= 15 is 0 Å². The smallest absolute Gasteiger partial charge is 0.300 e. The van der Waals surface area contributed by atoms with Crippen LogP contribution >= 0.6 is 34.4 Å². The first kappa shape index (κ1) is 16.8. The van der Waals surface area contributed by atoms with Gasteiger partial charge >= 0.3 is 6.18 Å². The van der Waals surface area contributed by atoms with Crippen molar-refractivity contribution >= 4 is 34.4 Å².